The van der Waals surface area contributed by atoms with Crippen molar-refractivity contribution in [3.05, 3.63) is 35.4 Å². The Morgan fingerprint density at radius 2 is 2.00 bits per heavy atom. The SMILES string of the molecule is OCC1CCCOC1c1ccc(C(F)F)cc1. The Hall–Kier alpha value is -1.00. The van der Waals surface area contributed by atoms with E-state index in [9.17, 15) is 13.9 Å². The normalized spacial score (nSPS) is 25.2. The molecule has 0 saturated carbocycles. The lowest BCUT2D eigenvalue weighted by Crippen LogP contribution is -2.25. The van der Waals surface area contributed by atoms with E-state index in [1.807, 2.05) is 0 Å². The van der Waals surface area contributed by atoms with Crippen molar-refractivity contribution in [2.24, 2.45) is 5.92 Å². The highest BCUT2D eigenvalue weighted by Crippen LogP contribution is 2.33. The Morgan fingerprint density at radius 3 is 2.59 bits per heavy atom. The van der Waals surface area contributed by atoms with Gasteiger partial charge in [0.15, 0.2) is 0 Å². The van der Waals surface area contributed by atoms with Crippen LogP contribution in [-0.4, -0.2) is 18.3 Å². The molecule has 1 heterocycles. The minimum atomic E-state index is -2.44. The third-order valence-electron chi connectivity index (χ3n) is 3.20. The number of hydrogen-bond donors (Lipinski definition) is 1. The highest BCUT2D eigenvalue weighted by Gasteiger charge is 2.26. The van der Waals surface area contributed by atoms with Crippen LogP contribution in [0.5, 0.6) is 0 Å². The third kappa shape index (κ3) is 2.82. The standard InChI is InChI=1S/C13H16F2O2/c14-13(15)10-5-3-9(4-6-10)12-11(8-16)2-1-7-17-12/h3-6,11-13,16H,1-2,7-8H2. The van der Waals surface area contributed by atoms with Gasteiger partial charge in [0, 0.05) is 24.7 Å². The lowest BCUT2D eigenvalue weighted by atomic mass is 9.90. The summed E-state index contributed by atoms with van der Waals surface area (Å²) in [5.41, 5.74) is 0.887. The van der Waals surface area contributed by atoms with Crippen LogP contribution in [0, 0.1) is 5.92 Å². The molecule has 17 heavy (non-hydrogen) atoms. The Bertz CT molecular complexity index is 351. The average molecular weight is 242 g/mol. The van der Waals surface area contributed by atoms with E-state index in [1.54, 1.807) is 12.1 Å². The zero-order valence-corrected chi connectivity index (χ0v) is 9.48. The summed E-state index contributed by atoms with van der Waals surface area (Å²) in [7, 11) is 0. The topological polar surface area (TPSA) is 29.5 Å². The van der Waals surface area contributed by atoms with Crippen molar-refractivity contribution >= 4 is 0 Å². The molecule has 1 N–H and O–H groups in total. The lowest BCUT2D eigenvalue weighted by molar-refractivity contribution is -0.0457. The summed E-state index contributed by atoms with van der Waals surface area (Å²) in [4.78, 5) is 0. The van der Waals surface area contributed by atoms with Gasteiger partial charge in [0.05, 0.1) is 6.10 Å². The van der Waals surface area contributed by atoms with Gasteiger partial charge in [-0.3, -0.25) is 0 Å². The summed E-state index contributed by atoms with van der Waals surface area (Å²) < 4.78 is 30.4. The molecule has 0 spiro atoms. The smallest absolute Gasteiger partial charge is 0.263 e. The Morgan fingerprint density at radius 1 is 1.29 bits per heavy atom. The number of hydrogen-bond acceptors (Lipinski definition) is 2. The molecular weight excluding hydrogens is 226 g/mol. The summed E-state index contributed by atoms with van der Waals surface area (Å²) in [5, 5.41) is 9.27. The van der Waals surface area contributed by atoms with Gasteiger partial charge in [-0.05, 0) is 18.4 Å². The second-order valence-electron chi connectivity index (χ2n) is 4.34. The van der Waals surface area contributed by atoms with Crippen LogP contribution in [0.15, 0.2) is 24.3 Å². The maximum absolute atomic E-state index is 12.4. The van der Waals surface area contributed by atoms with Crippen LogP contribution in [-0.2, 0) is 4.74 Å². The molecule has 2 unspecified atom stereocenters. The van der Waals surface area contributed by atoms with Gasteiger partial charge in [-0.1, -0.05) is 24.3 Å². The molecule has 0 aliphatic carbocycles. The van der Waals surface area contributed by atoms with Crippen LogP contribution in [0.3, 0.4) is 0 Å². The van der Waals surface area contributed by atoms with E-state index in [-0.39, 0.29) is 24.2 Å². The number of halogens is 2. The quantitative estimate of drug-likeness (QED) is 0.882. The monoisotopic (exact) mass is 242 g/mol. The largest absolute Gasteiger partial charge is 0.396 e. The number of rotatable bonds is 3. The lowest BCUT2D eigenvalue weighted by Gasteiger charge is -2.30. The third-order valence-corrected chi connectivity index (χ3v) is 3.20. The van der Waals surface area contributed by atoms with E-state index in [0.29, 0.717) is 6.61 Å². The van der Waals surface area contributed by atoms with Gasteiger partial charge >= 0.3 is 0 Å². The summed E-state index contributed by atoms with van der Waals surface area (Å²) in [6, 6.07) is 6.18. The number of aliphatic hydroxyl groups is 1. The molecule has 2 rings (SSSR count). The van der Waals surface area contributed by atoms with Crippen LogP contribution < -0.4 is 0 Å². The fraction of sp³-hybridized carbons (Fsp3) is 0.538. The first-order valence-electron chi connectivity index (χ1n) is 5.83. The molecule has 4 heteroatoms. The summed E-state index contributed by atoms with van der Waals surface area (Å²) in [6.45, 7) is 0.735. The molecule has 1 fully saturated rings. The van der Waals surface area contributed by atoms with E-state index in [2.05, 4.69) is 0 Å². The van der Waals surface area contributed by atoms with Gasteiger partial charge in [-0.15, -0.1) is 0 Å². The molecule has 94 valence electrons. The van der Waals surface area contributed by atoms with Crippen LogP contribution in [0.2, 0.25) is 0 Å². The Balaban J connectivity index is 2.15. The number of ether oxygens (including phenoxy) is 1. The minimum Gasteiger partial charge on any atom is -0.396 e. The number of alkyl halides is 2. The second kappa shape index (κ2) is 5.56. The molecule has 0 aromatic heterocycles. The van der Waals surface area contributed by atoms with E-state index in [4.69, 9.17) is 4.74 Å². The van der Waals surface area contributed by atoms with Gasteiger partial charge in [0.25, 0.3) is 6.43 Å². The molecule has 1 aromatic rings. The van der Waals surface area contributed by atoms with Crippen LogP contribution in [0.1, 0.15) is 36.5 Å². The first-order valence-corrected chi connectivity index (χ1v) is 5.83. The minimum absolute atomic E-state index is 0.0186. The van der Waals surface area contributed by atoms with E-state index >= 15 is 0 Å². The fourth-order valence-corrected chi connectivity index (χ4v) is 2.23. The van der Waals surface area contributed by atoms with Gasteiger partial charge in [0.2, 0.25) is 0 Å². The van der Waals surface area contributed by atoms with Crippen molar-refractivity contribution in [2.75, 3.05) is 13.2 Å². The van der Waals surface area contributed by atoms with Crippen molar-refractivity contribution < 1.29 is 18.6 Å². The molecule has 0 radical (unpaired) electrons. The molecule has 1 aromatic carbocycles. The summed E-state index contributed by atoms with van der Waals surface area (Å²) in [5.74, 6) is 0.0705. The van der Waals surface area contributed by atoms with Gasteiger partial charge in [-0.2, -0.15) is 0 Å². The van der Waals surface area contributed by atoms with E-state index in [1.165, 1.54) is 12.1 Å². The summed E-state index contributed by atoms with van der Waals surface area (Å²) >= 11 is 0. The van der Waals surface area contributed by atoms with Gasteiger partial charge in [0.1, 0.15) is 0 Å². The van der Waals surface area contributed by atoms with Crippen LogP contribution in [0.4, 0.5) is 8.78 Å². The molecular formula is C13H16F2O2. The van der Waals surface area contributed by atoms with Gasteiger partial charge < -0.3 is 9.84 Å². The second-order valence-corrected chi connectivity index (χ2v) is 4.34. The number of benzene rings is 1. The zero-order valence-electron chi connectivity index (χ0n) is 9.48. The molecule has 0 bridgehead atoms. The molecule has 2 atom stereocenters. The molecule has 2 nitrogen and oxygen atoms in total. The van der Waals surface area contributed by atoms with Crippen molar-refractivity contribution in [3.8, 4) is 0 Å². The van der Waals surface area contributed by atoms with E-state index < -0.39 is 6.43 Å². The van der Waals surface area contributed by atoms with E-state index in [0.717, 1.165) is 18.4 Å². The van der Waals surface area contributed by atoms with Crippen molar-refractivity contribution in [1.82, 2.24) is 0 Å². The Kier molecular flexibility index (Phi) is 4.07. The average Bonchev–Trinajstić information content (AvgIpc) is 2.39. The maximum Gasteiger partial charge on any atom is 0.263 e. The Labute approximate surface area is 99.2 Å². The maximum atomic E-state index is 12.4. The summed E-state index contributed by atoms with van der Waals surface area (Å²) in [6.07, 6.45) is -0.750. The number of aliphatic hydroxyl groups excluding tert-OH is 1. The van der Waals surface area contributed by atoms with Crippen LogP contribution in [0.25, 0.3) is 0 Å². The fourth-order valence-electron chi connectivity index (χ4n) is 2.23. The highest BCUT2D eigenvalue weighted by molar-refractivity contribution is 5.25. The van der Waals surface area contributed by atoms with Crippen molar-refractivity contribution in [2.45, 2.75) is 25.4 Å². The highest BCUT2D eigenvalue weighted by atomic mass is 19.3. The molecule has 1 aliphatic heterocycles. The predicted molar refractivity (Wildman–Crippen MR) is 59.9 cm³/mol. The van der Waals surface area contributed by atoms with Gasteiger partial charge in [-0.25, -0.2) is 8.78 Å². The molecule has 1 saturated heterocycles. The first kappa shape index (κ1) is 12.5. The van der Waals surface area contributed by atoms with Crippen LogP contribution >= 0.6 is 0 Å². The predicted octanol–water partition coefficient (Wildman–Crippen LogP) is 3.08. The zero-order chi connectivity index (χ0) is 12.3. The molecule has 1 aliphatic rings. The first-order chi connectivity index (χ1) is 8.22. The molecule has 0 amide bonds. The van der Waals surface area contributed by atoms with Crippen molar-refractivity contribution in [3.63, 3.8) is 0 Å². The van der Waals surface area contributed by atoms with Crippen molar-refractivity contribution in [1.29, 1.82) is 0 Å².